The summed E-state index contributed by atoms with van der Waals surface area (Å²) in [5.41, 5.74) is 0. The molecule has 0 radical (unpaired) electrons. The van der Waals surface area contributed by atoms with Crippen LogP contribution in [-0.4, -0.2) is 24.9 Å². The van der Waals surface area contributed by atoms with Gasteiger partial charge in [-0.2, -0.15) is 0 Å². The molecule has 0 amide bonds. The maximum absolute atomic E-state index is 3.38. The fourth-order valence-corrected chi connectivity index (χ4v) is 1.43. The lowest BCUT2D eigenvalue weighted by Gasteiger charge is -2.26. The van der Waals surface area contributed by atoms with Gasteiger partial charge in [-0.05, 0) is 6.92 Å². The van der Waals surface area contributed by atoms with Crippen LogP contribution in [0.15, 0.2) is 0 Å². The van der Waals surface area contributed by atoms with Gasteiger partial charge in [0.05, 0.1) is 0 Å². The maximum Gasteiger partial charge on any atom is 0.0338 e. The lowest BCUT2D eigenvalue weighted by atomic mass is 10.3. The van der Waals surface area contributed by atoms with E-state index in [0.29, 0.717) is 11.8 Å². The average molecular weight is 132 g/mol. The summed E-state index contributed by atoms with van der Waals surface area (Å²) < 4.78 is 0. The zero-order valence-electron chi connectivity index (χ0n) is 5.15. The minimum Gasteiger partial charge on any atom is -0.313 e. The Morgan fingerprint density at radius 2 is 2.25 bits per heavy atom. The van der Waals surface area contributed by atoms with Gasteiger partial charge in [-0.15, -0.1) is 9.24 Å². The Morgan fingerprint density at radius 1 is 1.50 bits per heavy atom. The predicted molar refractivity (Wildman–Crippen MR) is 39.0 cm³/mol. The zero-order chi connectivity index (χ0) is 5.98. The van der Waals surface area contributed by atoms with E-state index in [9.17, 15) is 0 Å². The molecule has 1 rings (SSSR count). The van der Waals surface area contributed by atoms with Gasteiger partial charge >= 0.3 is 0 Å². The highest BCUT2D eigenvalue weighted by molar-refractivity contribution is 7.17. The number of piperazine rings is 1. The van der Waals surface area contributed by atoms with Gasteiger partial charge in [-0.1, -0.05) is 0 Å². The van der Waals surface area contributed by atoms with Crippen LogP contribution in [0.25, 0.3) is 0 Å². The molecule has 0 bridgehead atoms. The Morgan fingerprint density at radius 3 is 2.62 bits per heavy atom. The minimum absolute atomic E-state index is 0.568. The van der Waals surface area contributed by atoms with Gasteiger partial charge in [0.25, 0.3) is 0 Å². The highest BCUT2D eigenvalue weighted by Crippen LogP contribution is 1.99. The molecule has 2 N–H and O–H groups in total. The molecular formula is C5H13N2P. The molecule has 48 valence electrons. The zero-order valence-corrected chi connectivity index (χ0v) is 6.30. The smallest absolute Gasteiger partial charge is 0.0338 e. The Bertz CT molecular complexity index is 68.8. The summed E-state index contributed by atoms with van der Waals surface area (Å²) in [6.07, 6.45) is 0. The van der Waals surface area contributed by atoms with Crippen LogP contribution in [0.4, 0.5) is 0 Å². The van der Waals surface area contributed by atoms with E-state index in [4.69, 9.17) is 0 Å². The van der Waals surface area contributed by atoms with Crippen LogP contribution >= 0.6 is 9.24 Å². The van der Waals surface area contributed by atoms with Crippen LogP contribution in [0, 0.1) is 0 Å². The van der Waals surface area contributed by atoms with E-state index in [0.717, 1.165) is 13.1 Å². The number of hydrogen-bond acceptors (Lipinski definition) is 2. The Kier molecular flexibility index (Phi) is 2.24. The summed E-state index contributed by atoms with van der Waals surface area (Å²) in [6, 6.07) is 0.631. The first-order valence-electron chi connectivity index (χ1n) is 3.01. The van der Waals surface area contributed by atoms with E-state index in [2.05, 4.69) is 26.8 Å². The lowest BCUT2D eigenvalue weighted by molar-refractivity contribution is 0.420. The molecule has 0 aromatic heterocycles. The van der Waals surface area contributed by atoms with Crippen molar-refractivity contribution < 1.29 is 0 Å². The van der Waals surface area contributed by atoms with Crippen molar-refractivity contribution in [1.29, 1.82) is 0 Å². The molecule has 0 aromatic rings. The first-order valence-corrected chi connectivity index (χ1v) is 3.68. The van der Waals surface area contributed by atoms with Crippen LogP contribution < -0.4 is 10.6 Å². The van der Waals surface area contributed by atoms with Crippen LogP contribution in [0.5, 0.6) is 0 Å². The van der Waals surface area contributed by atoms with Gasteiger partial charge in [0.2, 0.25) is 0 Å². The van der Waals surface area contributed by atoms with Crippen LogP contribution in [0.2, 0.25) is 0 Å². The quantitative estimate of drug-likeness (QED) is 0.445. The minimum atomic E-state index is 0.568. The molecule has 0 saturated carbocycles. The summed E-state index contributed by atoms with van der Waals surface area (Å²) in [5.74, 6) is 0.568. The van der Waals surface area contributed by atoms with E-state index < -0.39 is 0 Å². The molecule has 3 unspecified atom stereocenters. The summed E-state index contributed by atoms with van der Waals surface area (Å²) >= 11 is 0. The van der Waals surface area contributed by atoms with Crippen molar-refractivity contribution in [3.63, 3.8) is 0 Å². The predicted octanol–water partition coefficient (Wildman–Crippen LogP) is -0.231. The Balaban J connectivity index is 2.23. The highest BCUT2D eigenvalue weighted by Gasteiger charge is 2.11. The molecule has 1 fully saturated rings. The van der Waals surface area contributed by atoms with E-state index >= 15 is 0 Å². The molecule has 1 heterocycles. The monoisotopic (exact) mass is 132 g/mol. The third kappa shape index (κ3) is 1.70. The largest absolute Gasteiger partial charge is 0.313 e. The molecule has 1 saturated heterocycles. The molecule has 0 aromatic carbocycles. The fourth-order valence-electron chi connectivity index (χ4n) is 0.939. The number of hydrogen-bond donors (Lipinski definition) is 2. The first-order chi connectivity index (χ1) is 3.79. The van der Waals surface area contributed by atoms with Crippen molar-refractivity contribution in [2.24, 2.45) is 0 Å². The first kappa shape index (κ1) is 6.47. The molecule has 1 aliphatic heterocycles. The molecule has 2 nitrogen and oxygen atoms in total. The number of nitrogens with one attached hydrogen (secondary N) is 2. The van der Waals surface area contributed by atoms with Gasteiger partial charge in [0.1, 0.15) is 0 Å². The van der Waals surface area contributed by atoms with Crippen molar-refractivity contribution in [3.8, 4) is 0 Å². The molecule has 3 heteroatoms. The Hall–Kier alpha value is 0.350. The van der Waals surface area contributed by atoms with Gasteiger partial charge in [0, 0.05) is 24.9 Å². The second kappa shape index (κ2) is 2.77. The third-order valence-corrected chi connectivity index (χ3v) is 1.74. The highest BCUT2D eigenvalue weighted by atomic mass is 31.0. The second-order valence-corrected chi connectivity index (χ2v) is 3.14. The van der Waals surface area contributed by atoms with E-state index in [1.165, 1.54) is 0 Å². The molecule has 0 aliphatic carbocycles. The van der Waals surface area contributed by atoms with E-state index in [1.54, 1.807) is 0 Å². The standard InChI is InChI=1S/C5H13N2P/c1-4-2-6-3-5(8)7-4/h4-7H,2-3,8H2,1H3. The summed E-state index contributed by atoms with van der Waals surface area (Å²) in [7, 11) is 2.76. The topological polar surface area (TPSA) is 24.1 Å². The van der Waals surface area contributed by atoms with Crippen molar-refractivity contribution in [1.82, 2.24) is 10.6 Å². The van der Waals surface area contributed by atoms with Gasteiger partial charge < -0.3 is 10.6 Å². The second-order valence-electron chi connectivity index (χ2n) is 2.33. The van der Waals surface area contributed by atoms with Gasteiger partial charge in [-0.25, -0.2) is 0 Å². The summed E-state index contributed by atoms with van der Waals surface area (Å²) in [5, 5.41) is 6.68. The molecule has 3 atom stereocenters. The van der Waals surface area contributed by atoms with Crippen LogP contribution in [0.3, 0.4) is 0 Å². The SMILES string of the molecule is CC1CNCC(P)N1. The van der Waals surface area contributed by atoms with Gasteiger partial charge in [-0.3, -0.25) is 0 Å². The summed E-state index contributed by atoms with van der Waals surface area (Å²) in [4.78, 5) is 0. The van der Waals surface area contributed by atoms with Crippen molar-refractivity contribution in [3.05, 3.63) is 0 Å². The van der Waals surface area contributed by atoms with Crippen molar-refractivity contribution in [2.75, 3.05) is 13.1 Å². The molecule has 1 aliphatic rings. The van der Waals surface area contributed by atoms with Gasteiger partial charge in [0.15, 0.2) is 0 Å². The van der Waals surface area contributed by atoms with Crippen molar-refractivity contribution >= 4 is 9.24 Å². The normalized spacial score (nSPS) is 39.8. The molecule has 8 heavy (non-hydrogen) atoms. The average Bonchev–Trinajstić information content (AvgIpc) is 1.64. The van der Waals surface area contributed by atoms with Crippen molar-refractivity contribution in [2.45, 2.75) is 18.7 Å². The lowest BCUT2D eigenvalue weighted by Crippen LogP contribution is -2.50. The summed E-state index contributed by atoms with van der Waals surface area (Å²) in [6.45, 7) is 4.36. The van der Waals surface area contributed by atoms with E-state index in [1.807, 2.05) is 0 Å². The number of rotatable bonds is 0. The fraction of sp³-hybridized carbons (Fsp3) is 1.00. The Labute approximate surface area is 52.6 Å². The maximum atomic E-state index is 3.38. The van der Waals surface area contributed by atoms with Crippen LogP contribution in [-0.2, 0) is 0 Å². The molecule has 0 spiro atoms. The molecular weight excluding hydrogens is 119 g/mol. The van der Waals surface area contributed by atoms with Crippen LogP contribution in [0.1, 0.15) is 6.92 Å². The van der Waals surface area contributed by atoms with E-state index in [-0.39, 0.29) is 0 Å². The third-order valence-electron chi connectivity index (χ3n) is 1.31.